The Hall–Kier alpha value is -0.920. The highest BCUT2D eigenvalue weighted by Crippen LogP contribution is 2.34. The van der Waals surface area contributed by atoms with Gasteiger partial charge < -0.3 is 0 Å². The molecule has 2 nitrogen and oxygen atoms in total. The molecule has 0 radical (unpaired) electrons. The number of ketones is 2. The van der Waals surface area contributed by atoms with Crippen LogP contribution in [0.3, 0.4) is 0 Å². The van der Waals surface area contributed by atoms with E-state index in [2.05, 4.69) is 13.5 Å². The molecule has 14 heavy (non-hydrogen) atoms. The van der Waals surface area contributed by atoms with Crippen molar-refractivity contribution in [3.05, 3.63) is 12.7 Å². The summed E-state index contributed by atoms with van der Waals surface area (Å²) < 4.78 is 0. The van der Waals surface area contributed by atoms with Gasteiger partial charge in [-0.3, -0.25) is 9.59 Å². The molecule has 1 aliphatic carbocycles. The molecule has 1 fully saturated rings. The Kier molecular flexibility index (Phi) is 3.62. The molecule has 2 heteroatoms. The van der Waals surface area contributed by atoms with E-state index in [9.17, 15) is 9.59 Å². The number of Topliss-reactive ketones (excluding diaryl/α,β-unsaturated/α-hetero) is 2. The zero-order valence-corrected chi connectivity index (χ0v) is 8.95. The Bertz CT molecular complexity index is 255. The second kappa shape index (κ2) is 4.54. The van der Waals surface area contributed by atoms with Crippen LogP contribution in [-0.2, 0) is 9.59 Å². The first-order valence-electron chi connectivity index (χ1n) is 5.20. The van der Waals surface area contributed by atoms with Gasteiger partial charge in [0.05, 0.1) is 5.92 Å². The summed E-state index contributed by atoms with van der Waals surface area (Å²) >= 11 is 0. The smallest absolute Gasteiger partial charge is 0.143 e. The van der Waals surface area contributed by atoms with Gasteiger partial charge in [0, 0.05) is 6.42 Å². The quantitative estimate of drug-likeness (QED) is 0.510. The van der Waals surface area contributed by atoms with E-state index in [-0.39, 0.29) is 23.4 Å². The zero-order chi connectivity index (χ0) is 10.7. The average molecular weight is 194 g/mol. The van der Waals surface area contributed by atoms with Crippen LogP contribution < -0.4 is 0 Å². The van der Waals surface area contributed by atoms with Gasteiger partial charge in [-0.05, 0) is 31.6 Å². The van der Waals surface area contributed by atoms with Gasteiger partial charge in [0.2, 0.25) is 0 Å². The maximum Gasteiger partial charge on any atom is 0.143 e. The molecule has 0 saturated heterocycles. The number of carbonyl (C=O) groups is 2. The van der Waals surface area contributed by atoms with Crippen molar-refractivity contribution >= 4 is 11.6 Å². The fourth-order valence-corrected chi connectivity index (χ4v) is 2.47. The van der Waals surface area contributed by atoms with Crippen LogP contribution in [0.4, 0.5) is 0 Å². The van der Waals surface area contributed by atoms with Gasteiger partial charge in [-0.15, -0.1) is 6.58 Å². The third-order valence-electron chi connectivity index (χ3n) is 2.98. The van der Waals surface area contributed by atoms with Crippen LogP contribution in [0.1, 0.15) is 33.1 Å². The molecule has 1 saturated carbocycles. The molecular formula is C12H18O2. The highest BCUT2D eigenvalue weighted by molar-refractivity contribution is 6.02. The van der Waals surface area contributed by atoms with Crippen molar-refractivity contribution < 1.29 is 9.59 Å². The highest BCUT2D eigenvalue weighted by Gasteiger charge is 2.36. The van der Waals surface area contributed by atoms with Crippen LogP contribution in [0.15, 0.2) is 12.7 Å². The number of allylic oxidation sites excluding steroid dienone is 1. The fraction of sp³-hybridized carbons (Fsp3) is 0.667. The number of hydrogen-bond acceptors (Lipinski definition) is 2. The lowest BCUT2D eigenvalue weighted by Crippen LogP contribution is -2.36. The van der Waals surface area contributed by atoms with Crippen LogP contribution in [0.5, 0.6) is 0 Å². The maximum atomic E-state index is 11.7. The summed E-state index contributed by atoms with van der Waals surface area (Å²) in [6.07, 6.45) is 4.13. The minimum Gasteiger partial charge on any atom is -0.299 e. The molecule has 0 aliphatic heterocycles. The summed E-state index contributed by atoms with van der Waals surface area (Å²) in [6, 6.07) is 0. The molecule has 1 aliphatic rings. The number of rotatable bonds is 3. The molecule has 0 spiro atoms. The van der Waals surface area contributed by atoms with Crippen LogP contribution >= 0.6 is 0 Å². The molecule has 0 N–H and O–H groups in total. The van der Waals surface area contributed by atoms with Gasteiger partial charge >= 0.3 is 0 Å². The minimum atomic E-state index is -0.357. The lowest BCUT2D eigenvalue weighted by Gasteiger charge is -2.31. The third-order valence-corrected chi connectivity index (χ3v) is 2.98. The first kappa shape index (κ1) is 11.2. The Morgan fingerprint density at radius 1 is 1.64 bits per heavy atom. The topological polar surface area (TPSA) is 34.1 Å². The first-order chi connectivity index (χ1) is 6.56. The van der Waals surface area contributed by atoms with Gasteiger partial charge in [-0.2, -0.15) is 0 Å². The van der Waals surface area contributed by atoms with Crippen LogP contribution in [0.2, 0.25) is 0 Å². The molecule has 0 aromatic heterocycles. The highest BCUT2D eigenvalue weighted by atomic mass is 16.1. The Balaban J connectivity index is 2.80. The van der Waals surface area contributed by atoms with E-state index in [0.717, 1.165) is 12.8 Å². The molecule has 78 valence electrons. The van der Waals surface area contributed by atoms with Crippen molar-refractivity contribution in [3.8, 4) is 0 Å². The lowest BCUT2D eigenvalue weighted by molar-refractivity contribution is -0.137. The average Bonchev–Trinajstić information content (AvgIpc) is 2.01. The molecule has 0 aromatic rings. The predicted octanol–water partition coefficient (Wildman–Crippen LogP) is 2.38. The Morgan fingerprint density at radius 2 is 2.29 bits per heavy atom. The van der Waals surface area contributed by atoms with E-state index >= 15 is 0 Å². The minimum absolute atomic E-state index is 0.0220. The van der Waals surface area contributed by atoms with Crippen molar-refractivity contribution in [1.29, 1.82) is 0 Å². The molecule has 0 unspecified atom stereocenters. The molecule has 3 atom stereocenters. The van der Waals surface area contributed by atoms with E-state index in [1.54, 1.807) is 0 Å². The van der Waals surface area contributed by atoms with Crippen LogP contribution in [0, 0.1) is 17.8 Å². The van der Waals surface area contributed by atoms with Gasteiger partial charge in [0.25, 0.3) is 0 Å². The van der Waals surface area contributed by atoms with Crippen molar-refractivity contribution in [2.24, 2.45) is 17.8 Å². The summed E-state index contributed by atoms with van der Waals surface area (Å²) in [5.74, 6) is 0.408. The van der Waals surface area contributed by atoms with E-state index in [1.807, 2.05) is 6.08 Å². The Morgan fingerprint density at radius 3 is 2.79 bits per heavy atom. The second-order valence-corrected chi connectivity index (χ2v) is 4.38. The third kappa shape index (κ3) is 2.31. The summed E-state index contributed by atoms with van der Waals surface area (Å²) in [7, 11) is 0. The molecular weight excluding hydrogens is 176 g/mol. The Labute approximate surface area is 85.4 Å². The fourth-order valence-electron chi connectivity index (χ4n) is 2.47. The monoisotopic (exact) mass is 194 g/mol. The molecule has 0 heterocycles. The molecule has 0 bridgehead atoms. The first-order valence-corrected chi connectivity index (χ1v) is 5.20. The van der Waals surface area contributed by atoms with Crippen LogP contribution in [-0.4, -0.2) is 11.6 Å². The summed E-state index contributed by atoms with van der Waals surface area (Å²) in [6.45, 7) is 7.27. The van der Waals surface area contributed by atoms with Crippen LogP contribution in [0.25, 0.3) is 0 Å². The van der Waals surface area contributed by atoms with Gasteiger partial charge in [0.15, 0.2) is 0 Å². The van der Waals surface area contributed by atoms with E-state index < -0.39 is 0 Å². The molecule has 1 rings (SSSR count). The zero-order valence-electron chi connectivity index (χ0n) is 8.95. The predicted molar refractivity (Wildman–Crippen MR) is 55.9 cm³/mol. The van der Waals surface area contributed by atoms with E-state index in [4.69, 9.17) is 0 Å². The maximum absolute atomic E-state index is 11.7. The summed E-state index contributed by atoms with van der Waals surface area (Å²) in [4.78, 5) is 23.0. The second-order valence-electron chi connectivity index (χ2n) is 4.38. The summed E-state index contributed by atoms with van der Waals surface area (Å²) in [5.41, 5.74) is 0. The molecule has 0 aromatic carbocycles. The van der Waals surface area contributed by atoms with Crippen molar-refractivity contribution in [1.82, 2.24) is 0 Å². The largest absolute Gasteiger partial charge is 0.299 e. The number of hydrogen-bond donors (Lipinski definition) is 0. The van der Waals surface area contributed by atoms with Crippen molar-refractivity contribution in [2.75, 3.05) is 0 Å². The summed E-state index contributed by atoms with van der Waals surface area (Å²) in [5, 5.41) is 0. The van der Waals surface area contributed by atoms with Crippen molar-refractivity contribution in [3.63, 3.8) is 0 Å². The SMILES string of the molecule is C=CC[C@@H]1C[C@@H](C)CC(=O)[C@H]1C(C)=O. The van der Waals surface area contributed by atoms with Gasteiger partial charge in [0.1, 0.15) is 11.6 Å². The lowest BCUT2D eigenvalue weighted by atomic mass is 9.71. The van der Waals surface area contributed by atoms with Crippen molar-refractivity contribution in [2.45, 2.75) is 33.1 Å². The van der Waals surface area contributed by atoms with Gasteiger partial charge in [-0.1, -0.05) is 13.0 Å². The number of carbonyl (C=O) groups excluding carboxylic acids is 2. The van der Waals surface area contributed by atoms with Gasteiger partial charge in [-0.25, -0.2) is 0 Å². The van der Waals surface area contributed by atoms with E-state index in [1.165, 1.54) is 6.92 Å². The standard InChI is InChI=1S/C12H18O2/c1-4-5-10-6-8(2)7-11(14)12(10)9(3)13/h4,8,10,12H,1,5-7H2,2-3H3/t8-,10-,12+/m1/s1. The molecule has 0 amide bonds. The normalized spacial score (nSPS) is 32.7. The van der Waals surface area contributed by atoms with E-state index in [0.29, 0.717) is 12.3 Å².